The highest BCUT2D eigenvalue weighted by Crippen LogP contribution is 2.30. The molecule has 3 nitrogen and oxygen atoms in total. The van der Waals surface area contributed by atoms with Crippen molar-refractivity contribution in [2.24, 2.45) is 5.41 Å². The highest BCUT2D eigenvalue weighted by atomic mass is 35.5. The molecule has 1 aromatic heterocycles. The lowest BCUT2D eigenvalue weighted by Crippen LogP contribution is -2.30. The van der Waals surface area contributed by atoms with Crippen LogP contribution in [-0.4, -0.2) is 23.9 Å². The van der Waals surface area contributed by atoms with Crippen LogP contribution in [0.4, 0.5) is 0 Å². The maximum Gasteiger partial charge on any atom is 0.258 e. The van der Waals surface area contributed by atoms with Crippen molar-refractivity contribution >= 4 is 17.5 Å². The Morgan fingerprint density at radius 3 is 2.80 bits per heavy atom. The van der Waals surface area contributed by atoms with E-state index in [1.165, 1.54) is 6.26 Å². The van der Waals surface area contributed by atoms with Crippen LogP contribution in [0.1, 0.15) is 30.6 Å². The Labute approximate surface area is 94.0 Å². The second kappa shape index (κ2) is 3.56. The Kier molecular flexibility index (Phi) is 2.51. The van der Waals surface area contributed by atoms with Gasteiger partial charge in [0, 0.05) is 13.1 Å². The molecular formula is C11H14ClNO2. The molecule has 0 atom stereocenters. The molecule has 0 aromatic carbocycles. The molecule has 0 bridgehead atoms. The molecule has 0 aliphatic carbocycles. The molecule has 0 saturated carbocycles. The maximum absolute atomic E-state index is 12.0. The summed E-state index contributed by atoms with van der Waals surface area (Å²) in [5.41, 5.74) is 0.681. The van der Waals surface area contributed by atoms with Crippen LogP contribution in [0.15, 0.2) is 16.7 Å². The lowest BCUT2D eigenvalue weighted by atomic mass is 9.93. The SMILES string of the molecule is CC1(C)CCN(C(=O)c2ccoc2Cl)C1. The molecule has 82 valence electrons. The Hall–Kier alpha value is -0.960. The van der Waals surface area contributed by atoms with Crippen molar-refractivity contribution in [1.82, 2.24) is 4.90 Å². The fourth-order valence-electron chi connectivity index (χ4n) is 1.90. The van der Waals surface area contributed by atoms with Crippen LogP contribution in [-0.2, 0) is 0 Å². The summed E-state index contributed by atoms with van der Waals surface area (Å²) in [6.45, 7) is 5.91. The average Bonchev–Trinajstić information content (AvgIpc) is 2.71. The van der Waals surface area contributed by atoms with Crippen molar-refractivity contribution in [2.45, 2.75) is 20.3 Å². The molecule has 1 amide bonds. The van der Waals surface area contributed by atoms with E-state index in [0.717, 1.165) is 19.5 Å². The van der Waals surface area contributed by atoms with Crippen LogP contribution in [0.3, 0.4) is 0 Å². The Morgan fingerprint density at radius 2 is 2.33 bits per heavy atom. The first-order valence-electron chi connectivity index (χ1n) is 5.02. The quantitative estimate of drug-likeness (QED) is 0.739. The number of amides is 1. The zero-order valence-corrected chi connectivity index (χ0v) is 9.67. The van der Waals surface area contributed by atoms with E-state index in [1.54, 1.807) is 6.07 Å². The van der Waals surface area contributed by atoms with E-state index in [-0.39, 0.29) is 16.5 Å². The number of furan rings is 1. The van der Waals surface area contributed by atoms with E-state index in [1.807, 2.05) is 4.90 Å². The lowest BCUT2D eigenvalue weighted by Gasteiger charge is -2.19. The monoisotopic (exact) mass is 227 g/mol. The van der Waals surface area contributed by atoms with Crippen molar-refractivity contribution in [3.63, 3.8) is 0 Å². The Morgan fingerprint density at radius 1 is 1.60 bits per heavy atom. The van der Waals surface area contributed by atoms with Gasteiger partial charge in [0.15, 0.2) is 0 Å². The first-order chi connectivity index (χ1) is 6.99. The Bertz CT molecular complexity index is 384. The fourth-order valence-corrected chi connectivity index (χ4v) is 2.10. The zero-order valence-electron chi connectivity index (χ0n) is 8.92. The van der Waals surface area contributed by atoms with Gasteiger partial charge in [0.1, 0.15) is 0 Å². The zero-order chi connectivity index (χ0) is 11.1. The van der Waals surface area contributed by atoms with Gasteiger partial charge in [-0.15, -0.1) is 0 Å². The lowest BCUT2D eigenvalue weighted by molar-refractivity contribution is 0.0778. The third-order valence-electron chi connectivity index (χ3n) is 2.81. The molecular weight excluding hydrogens is 214 g/mol. The van der Waals surface area contributed by atoms with E-state index in [0.29, 0.717) is 5.56 Å². The van der Waals surface area contributed by atoms with Crippen molar-refractivity contribution < 1.29 is 9.21 Å². The predicted octanol–water partition coefficient (Wildman–Crippen LogP) is 2.81. The molecule has 0 spiro atoms. The number of nitrogens with zero attached hydrogens (tertiary/aromatic N) is 1. The van der Waals surface area contributed by atoms with Crippen LogP contribution in [0.5, 0.6) is 0 Å². The van der Waals surface area contributed by atoms with Gasteiger partial charge in [0.05, 0.1) is 11.8 Å². The second-order valence-electron chi connectivity index (χ2n) is 4.75. The molecule has 1 fully saturated rings. The summed E-state index contributed by atoms with van der Waals surface area (Å²) in [6.07, 6.45) is 2.48. The van der Waals surface area contributed by atoms with Crippen molar-refractivity contribution in [2.75, 3.05) is 13.1 Å². The summed E-state index contributed by atoms with van der Waals surface area (Å²) in [6, 6.07) is 1.62. The topological polar surface area (TPSA) is 33.5 Å². The normalized spacial score (nSPS) is 19.5. The molecule has 0 unspecified atom stereocenters. The minimum atomic E-state index is -0.0284. The summed E-state index contributed by atoms with van der Waals surface area (Å²) in [5.74, 6) is -0.0284. The molecule has 1 aliphatic heterocycles. The van der Waals surface area contributed by atoms with Gasteiger partial charge in [-0.25, -0.2) is 0 Å². The van der Waals surface area contributed by atoms with Gasteiger partial charge < -0.3 is 9.32 Å². The fraction of sp³-hybridized carbons (Fsp3) is 0.545. The first-order valence-corrected chi connectivity index (χ1v) is 5.40. The largest absolute Gasteiger partial charge is 0.452 e. The molecule has 4 heteroatoms. The molecule has 15 heavy (non-hydrogen) atoms. The van der Waals surface area contributed by atoms with Gasteiger partial charge in [0.25, 0.3) is 5.91 Å². The predicted molar refractivity (Wildman–Crippen MR) is 58.0 cm³/mol. The third kappa shape index (κ3) is 2.02. The molecule has 2 heterocycles. The van der Waals surface area contributed by atoms with Gasteiger partial charge in [0.2, 0.25) is 5.22 Å². The molecule has 1 saturated heterocycles. The van der Waals surface area contributed by atoms with Crippen molar-refractivity contribution in [1.29, 1.82) is 0 Å². The number of rotatable bonds is 1. The molecule has 0 radical (unpaired) electrons. The van der Waals surface area contributed by atoms with Crippen LogP contribution >= 0.6 is 11.6 Å². The molecule has 1 aromatic rings. The van der Waals surface area contributed by atoms with E-state index in [2.05, 4.69) is 13.8 Å². The highest BCUT2D eigenvalue weighted by Gasteiger charge is 2.33. The second-order valence-corrected chi connectivity index (χ2v) is 5.09. The minimum absolute atomic E-state index is 0.0284. The molecule has 1 aliphatic rings. The van der Waals surface area contributed by atoms with Crippen LogP contribution in [0.2, 0.25) is 5.22 Å². The summed E-state index contributed by atoms with van der Waals surface area (Å²) in [4.78, 5) is 13.8. The van der Waals surface area contributed by atoms with E-state index in [9.17, 15) is 4.79 Å². The number of halogens is 1. The number of carbonyl (C=O) groups excluding carboxylic acids is 1. The summed E-state index contributed by atoms with van der Waals surface area (Å²) >= 11 is 5.77. The highest BCUT2D eigenvalue weighted by molar-refractivity contribution is 6.32. The minimum Gasteiger partial charge on any atom is -0.452 e. The number of hydrogen-bond acceptors (Lipinski definition) is 2. The van der Waals surface area contributed by atoms with Gasteiger partial charge in [-0.2, -0.15) is 0 Å². The number of hydrogen-bond donors (Lipinski definition) is 0. The van der Waals surface area contributed by atoms with Gasteiger partial charge in [-0.3, -0.25) is 4.79 Å². The number of likely N-dealkylation sites (tertiary alicyclic amines) is 1. The maximum atomic E-state index is 12.0. The van der Waals surface area contributed by atoms with Crippen molar-refractivity contribution in [3.8, 4) is 0 Å². The standard InChI is InChI=1S/C11H14ClNO2/c1-11(2)4-5-13(7-11)10(14)8-3-6-15-9(8)12/h3,6H,4-5,7H2,1-2H3. The first kappa shape index (κ1) is 10.6. The van der Waals surface area contributed by atoms with Gasteiger partial charge in [-0.05, 0) is 29.5 Å². The van der Waals surface area contributed by atoms with Crippen LogP contribution in [0, 0.1) is 5.41 Å². The molecule has 0 N–H and O–H groups in total. The van der Waals surface area contributed by atoms with Crippen LogP contribution in [0.25, 0.3) is 0 Å². The summed E-state index contributed by atoms with van der Waals surface area (Å²) in [7, 11) is 0. The van der Waals surface area contributed by atoms with E-state index < -0.39 is 0 Å². The van der Waals surface area contributed by atoms with E-state index >= 15 is 0 Å². The smallest absolute Gasteiger partial charge is 0.258 e. The van der Waals surface area contributed by atoms with Crippen molar-refractivity contribution in [3.05, 3.63) is 23.1 Å². The van der Waals surface area contributed by atoms with Gasteiger partial charge >= 0.3 is 0 Å². The van der Waals surface area contributed by atoms with Gasteiger partial charge in [-0.1, -0.05) is 13.8 Å². The van der Waals surface area contributed by atoms with E-state index in [4.69, 9.17) is 16.0 Å². The average molecular weight is 228 g/mol. The molecule has 2 rings (SSSR count). The summed E-state index contributed by atoms with van der Waals surface area (Å²) in [5, 5.41) is 0.185. The van der Waals surface area contributed by atoms with Crippen LogP contribution < -0.4 is 0 Å². The third-order valence-corrected chi connectivity index (χ3v) is 3.11. The summed E-state index contributed by atoms with van der Waals surface area (Å²) < 4.78 is 4.92. The number of carbonyl (C=O) groups is 1. The Balaban J connectivity index is 2.14.